The van der Waals surface area contributed by atoms with Crippen LogP contribution < -0.4 is 9.75 Å². The largest absolute Gasteiger partial charge is 0.497 e. The Morgan fingerprint density at radius 1 is 1.15 bits per heavy atom. The quantitative estimate of drug-likeness (QED) is 0.180. The fourth-order valence-electron chi connectivity index (χ4n) is 3.45. The summed E-state index contributed by atoms with van der Waals surface area (Å²) in [5.74, 6) is -0.0215. The van der Waals surface area contributed by atoms with E-state index in [4.69, 9.17) is 9.15 Å². The second-order valence-corrected chi connectivity index (χ2v) is 8.16. The van der Waals surface area contributed by atoms with E-state index in [0.29, 0.717) is 22.0 Å². The van der Waals surface area contributed by atoms with E-state index in [1.54, 1.807) is 31.4 Å². The lowest BCUT2D eigenvalue weighted by Crippen LogP contribution is -2.25. The molecular weight excluding hydrogens is 456 g/mol. The highest BCUT2D eigenvalue weighted by molar-refractivity contribution is 7.22. The topological polar surface area (TPSA) is 111 Å². The van der Waals surface area contributed by atoms with Crippen LogP contribution in [0.1, 0.15) is 16.1 Å². The Morgan fingerprint density at radius 2 is 1.97 bits per heavy atom. The summed E-state index contributed by atoms with van der Waals surface area (Å²) in [6, 6.07) is 21.0. The van der Waals surface area contributed by atoms with Gasteiger partial charge in [-0.2, -0.15) is 10.1 Å². The molecule has 2 aromatic heterocycles. The number of hydrogen-bond donors (Lipinski definition) is 0. The molecule has 0 aliphatic heterocycles. The van der Waals surface area contributed by atoms with Gasteiger partial charge < -0.3 is 9.15 Å². The predicted octanol–water partition coefficient (Wildman–Crippen LogP) is 5.64. The number of furan rings is 1. The number of aromatic nitrogens is 1. The number of methoxy groups -OCH3 is 1. The summed E-state index contributed by atoms with van der Waals surface area (Å²) < 4.78 is 11.3. The Kier molecular flexibility index (Phi) is 5.48. The monoisotopic (exact) mass is 472 g/mol. The van der Waals surface area contributed by atoms with Crippen molar-refractivity contribution in [1.29, 1.82) is 0 Å². The molecular formula is C24H16N4O5S. The first-order valence-electron chi connectivity index (χ1n) is 10.1. The Hall–Kier alpha value is -4.57. The van der Waals surface area contributed by atoms with Crippen LogP contribution >= 0.6 is 11.3 Å². The van der Waals surface area contributed by atoms with Gasteiger partial charge in [0.2, 0.25) is 5.13 Å². The van der Waals surface area contributed by atoms with Crippen LogP contribution in [0.5, 0.6) is 5.75 Å². The van der Waals surface area contributed by atoms with Crippen LogP contribution in [0.15, 0.2) is 82.3 Å². The number of hydrogen-bond acceptors (Lipinski definition) is 8. The van der Waals surface area contributed by atoms with Crippen molar-refractivity contribution >= 4 is 55.5 Å². The molecule has 34 heavy (non-hydrogen) atoms. The number of nitrogens with zero attached hydrogens (tertiary/aromatic N) is 4. The highest BCUT2D eigenvalue weighted by Crippen LogP contribution is 2.33. The van der Waals surface area contributed by atoms with Gasteiger partial charge in [-0.25, -0.2) is 4.98 Å². The number of rotatable bonds is 6. The molecule has 5 aromatic rings. The van der Waals surface area contributed by atoms with E-state index >= 15 is 0 Å². The number of carbonyl (C=O) groups excluding carboxylic acids is 1. The molecule has 0 unspecified atom stereocenters. The molecule has 5 rings (SSSR count). The molecule has 0 radical (unpaired) electrons. The van der Waals surface area contributed by atoms with E-state index in [1.165, 1.54) is 34.7 Å². The van der Waals surface area contributed by atoms with E-state index < -0.39 is 16.7 Å². The van der Waals surface area contributed by atoms with Crippen molar-refractivity contribution in [2.45, 2.75) is 0 Å². The van der Waals surface area contributed by atoms with Gasteiger partial charge in [0.15, 0.2) is 5.76 Å². The molecule has 9 nitrogen and oxygen atoms in total. The zero-order chi connectivity index (χ0) is 23.7. The van der Waals surface area contributed by atoms with Gasteiger partial charge >= 0.3 is 5.88 Å². The van der Waals surface area contributed by atoms with Gasteiger partial charge in [-0.1, -0.05) is 47.7 Å². The number of carbonyl (C=O) groups is 1. The van der Waals surface area contributed by atoms with E-state index in [1.807, 2.05) is 36.4 Å². The lowest BCUT2D eigenvalue weighted by atomic mass is 10.0. The second-order valence-electron chi connectivity index (χ2n) is 7.15. The van der Waals surface area contributed by atoms with Crippen LogP contribution in [0, 0.1) is 10.1 Å². The number of fused-ring (bicyclic) bond motifs is 2. The molecule has 0 spiro atoms. The molecule has 0 aliphatic rings. The fourth-order valence-corrected chi connectivity index (χ4v) is 4.40. The first kappa shape index (κ1) is 21.3. The number of nitro groups is 1. The summed E-state index contributed by atoms with van der Waals surface area (Å²) in [6.07, 6.45) is 1.25. The second kappa shape index (κ2) is 8.75. The Bertz CT molecular complexity index is 1570. The summed E-state index contributed by atoms with van der Waals surface area (Å²) in [6.45, 7) is 0. The summed E-state index contributed by atoms with van der Waals surface area (Å²) in [4.78, 5) is 28.6. The van der Waals surface area contributed by atoms with Gasteiger partial charge in [0.1, 0.15) is 10.7 Å². The van der Waals surface area contributed by atoms with Crippen molar-refractivity contribution in [3.8, 4) is 5.75 Å². The molecule has 0 N–H and O–H groups in total. The number of ether oxygens (including phenoxy) is 1. The SMILES string of the molecule is COc1ccc2nc(N(/N=C/c3ccc([N+](=O)[O-])o3)C(=O)c3cccc4ccccc34)sc2c1. The van der Waals surface area contributed by atoms with Gasteiger partial charge in [-0.3, -0.25) is 14.9 Å². The molecule has 1 amide bonds. The number of thiazole rings is 1. The zero-order valence-corrected chi connectivity index (χ0v) is 18.6. The first-order chi connectivity index (χ1) is 16.5. The average molecular weight is 472 g/mol. The van der Waals surface area contributed by atoms with Crippen LogP contribution in [0.25, 0.3) is 21.0 Å². The summed E-state index contributed by atoms with van der Waals surface area (Å²) in [5.41, 5.74) is 1.12. The molecule has 168 valence electrons. The third-order valence-corrected chi connectivity index (χ3v) is 6.06. The van der Waals surface area contributed by atoms with E-state index in [2.05, 4.69) is 10.1 Å². The molecule has 0 bridgehead atoms. The standard InChI is InChI=1S/C24H16N4O5S/c1-32-16-9-11-20-21(13-16)34-24(26-20)27(25-14-17-10-12-22(33-17)28(30)31)23(29)19-8-4-6-15-5-2-3-7-18(15)19/h2-14H,1H3/b25-14+. The first-order valence-corrected chi connectivity index (χ1v) is 10.9. The van der Waals surface area contributed by atoms with Gasteiger partial charge in [0.05, 0.1) is 29.6 Å². The molecule has 2 heterocycles. The fraction of sp³-hybridized carbons (Fsp3) is 0.0417. The highest BCUT2D eigenvalue weighted by atomic mass is 32.1. The predicted molar refractivity (Wildman–Crippen MR) is 130 cm³/mol. The Morgan fingerprint density at radius 3 is 2.76 bits per heavy atom. The van der Waals surface area contributed by atoms with E-state index in [-0.39, 0.29) is 5.76 Å². The molecule has 3 aromatic carbocycles. The molecule has 0 aliphatic carbocycles. The Balaban J connectivity index is 1.60. The Labute approximate surface area is 196 Å². The lowest BCUT2D eigenvalue weighted by molar-refractivity contribution is -0.402. The summed E-state index contributed by atoms with van der Waals surface area (Å²) in [7, 11) is 1.58. The van der Waals surface area contributed by atoms with Gasteiger partial charge in [0.25, 0.3) is 5.91 Å². The van der Waals surface area contributed by atoms with Crippen LogP contribution in [0.3, 0.4) is 0 Å². The minimum atomic E-state index is -0.642. The van der Waals surface area contributed by atoms with Gasteiger partial charge in [-0.15, -0.1) is 0 Å². The number of amides is 1. The number of benzene rings is 3. The maximum Gasteiger partial charge on any atom is 0.433 e. The molecule has 0 atom stereocenters. The van der Waals surface area contributed by atoms with Crippen LogP contribution in [0.2, 0.25) is 0 Å². The van der Waals surface area contributed by atoms with Crippen molar-refractivity contribution in [2.24, 2.45) is 5.10 Å². The molecule has 10 heteroatoms. The van der Waals surface area contributed by atoms with Crippen molar-refractivity contribution in [2.75, 3.05) is 12.1 Å². The van der Waals surface area contributed by atoms with Crippen molar-refractivity contribution < 1.29 is 18.9 Å². The van der Waals surface area contributed by atoms with E-state index in [9.17, 15) is 14.9 Å². The van der Waals surface area contributed by atoms with Gasteiger partial charge in [-0.05, 0) is 41.1 Å². The third-order valence-electron chi connectivity index (χ3n) is 5.07. The van der Waals surface area contributed by atoms with Gasteiger partial charge in [0, 0.05) is 5.56 Å². The molecule has 0 saturated heterocycles. The minimum Gasteiger partial charge on any atom is -0.497 e. The maximum atomic E-state index is 13.7. The summed E-state index contributed by atoms with van der Waals surface area (Å²) in [5, 5.41) is 18.4. The average Bonchev–Trinajstić information content (AvgIpc) is 3.50. The normalized spacial score (nSPS) is 11.3. The van der Waals surface area contributed by atoms with Crippen LogP contribution in [0.4, 0.5) is 11.0 Å². The maximum absolute atomic E-state index is 13.7. The smallest absolute Gasteiger partial charge is 0.433 e. The number of anilines is 1. The summed E-state index contributed by atoms with van der Waals surface area (Å²) >= 11 is 1.27. The van der Waals surface area contributed by atoms with E-state index in [0.717, 1.165) is 15.5 Å². The van der Waals surface area contributed by atoms with Crippen molar-refractivity contribution in [3.63, 3.8) is 0 Å². The minimum absolute atomic E-state index is 0.130. The van der Waals surface area contributed by atoms with Crippen molar-refractivity contribution in [1.82, 2.24) is 4.98 Å². The number of hydrazone groups is 1. The third kappa shape index (κ3) is 3.97. The molecule has 0 saturated carbocycles. The van der Waals surface area contributed by atoms with Crippen LogP contribution in [-0.4, -0.2) is 29.1 Å². The van der Waals surface area contributed by atoms with Crippen LogP contribution in [-0.2, 0) is 0 Å². The zero-order valence-electron chi connectivity index (χ0n) is 17.7. The lowest BCUT2D eigenvalue weighted by Gasteiger charge is -2.15. The van der Waals surface area contributed by atoms with Crippen molar-refractivity contribution in [3.05, 3.63) is 94.2 Å². The molecule has 0 fully saturated rings. The highest BCUT2D eigenvalue weighted by Gasteiger charge is 2.23.